The standard InChI is InChI=1S/C23H23NO2/c1-17(2)26-22-16-20(21-14-9-15-25-21)24(19-12-7-4-8-13-19)23(22)18-10-5-3-6-11-18/h3-17,20,23H,1-2H3/t20-,23+/m1/s1. The number of nitrogens with zero attached hydrogens (tertiary/aromatic N) is 1. The molecule has 4 rings (SSSR count). The summed E-state index contributed by atoms with van der Waals surface area (Å²) in [5, 5.41) is 0. The Morgan fingerprint density at radius 2 is 1.58 bits per heavy atom. The van der Waals surface area contributed by atoms with Crippen LogP contribution in [0.4, 0.5) is 5.69 Å². The monoisotopic (exact) mass is 345 g/mol. The summed E-state index contributed by atoms with van der Waals surface area (Å²) < 4.78 is 12.0. The van der Waals surface area contributed by atoms with Crippen molar-refractivity contribution in [3.05, 3.63) is 102 Å². The van der Waals surface area contributed by atoms with Crippen LogP contribution in [0, 0.1) is 0 Å². The zero-order valence-electron chi connectivity index (χ0n) is 15.1. The Balaban J connectivity index is 1.84. The molecule has 3 aromatic rings. The van der Waals surface area contributed by atoms with Crippen LogP contribution in [0.3, 0.4) is 0 Å². The molecule has 0 fully saturated rings. The summed E-state index contributed by atoms with van der Waals surface area (Å²) in [6.45, 7) is 4.13. The first-order chi connectivity index (χ1) is 12.7. The Morgan fingerprint density at radius 3 is 2.19 bits per heavy atom. The second-order valence-electron chi connectivity index (χ2n) is 6.75. The maximum Gasteiger partial charge on any atom is 0.130 e. The SMILES string of the molecule is CC(C)OC1=C[C@H](c2ccco2)N(c2ccccc2)[C@H]1c1ccccc1. The number of rotatable bonds is 5. The second kappa shape index (κ2) is 7.12. The van der Waals surface area contributed by atoms with Crippen molar-refractivity contribution >= 4 is 5.69 Å². The molecule has 0 amide bonds. The Bertz CT molecular complexity index is 854. The van der Waals surface area contributed by atoms with E-state index in [9.17, 15) is 0 Å². The summed E-state index contributed by atoms with van der Waals surface area (Å²) in [4.78, 5) is 2.37. The van der Waals surface area contributed by atoms with E-state index in [4.69, 9.17) is 9.15 Å². The van der Waals surface area contributed by atoms with Gasteiger partial charge in [0.1, 0.15) is 23.6 Å². The van der Waals surface area contributed by atoms with Crippen LogP contribution in [0.2, 0.25) is 0 Å². The smallest absolute Gasteiger partial charge is 0.130 e. The Labute approximate surface area is 154 Å². The number of anilines is 1. The first-order valence-corrected chi connectivity index (χ1v) is 9.04. The quantitative estimate of drug-likeness (QED) is 0.576. The van der Waals surface area contributed by atoms with Crippen LogP contribution in [-0.2, 0) is 4.74 Å². The molecule has 0 N–H and O–H groups in total. The molecule has 0 saturated carbocycles. The molecular formula is C23H23NO2. The van der Waals surface area contributed by atoms with Crippen molar-refractivity contribution in [1.29, 1.82) is 0 Å². The van der Waals surface area contributed by atoms with Gasteiger partial charge < -0.3 is 14.1 Å². The van der Waals surface area contributed by atoms with E-state index in [1.807, 2.05) is 24.3 Å². The highest BCUT2D eigenvalue weighted by Gasteiger charge is 2.39. The molecule has 26 heavy (non-hydrogen) atoms. The van der Waals surface area contributed by atoms with Crippen LogP contribution in [0.5, 0.6) is 0 Å². The summed E-state index contributed by atoms with van der Waals surface area (Å²) in [7, 11) is 0. The molecular weight excluding hydrogens is 322 g/mol. The van der Waals surface area contributed by atoms with Crippen molar-refractivity contribution in [2.24, 2.45) is 0 Å². The lowest BCUT2D eigenvalue weighted by molar-refractivity contribution is 0.136. The van der Waals surface area contributed by atoms with Gasteiger partial charge >= 0.3 is 0 Å². The number of benzene rings is 2. The molecule has 2 heterocycles. The van der Waals surface area contributed by atoms with Gasteiger partial charge in [-0.25, -0.2) is 0 Å². The maximum atomic E-state index is 6.24. The molecule has 0 unspecified atom stereocenters. The summed E-state index contributed by atoms with van der Waals surface area (Å²) >= 11 is 0. The van der Waals surface area contributed by atoms with Crippen LogP contribution in [0.25, 0.3) is 0 Å². The number of furan rings is 1. The number of ether oxygens (including phenoxy) is 1. The Morgan fingerprint density at radius 1 is 0.885 bits per heavy atom. The molecule has 1 aliphatic heterocycles. The summed E-state index contributed by atoms with van der Waals surface area (Å²) in [5.74, 6) is 1.88. The van der Waals surface area contributed by atoms with Crippen LogP contribution in [-0.4, -0.2) is 6.10 Å². The topological polar surface area (TPSA) is 25.6 Å². The molecule has 1 aromatic heterocycles. The highest BCUT2D eigenvalue weighted by molar-refractivity contribution is 5.57. The van der Waals surface area contributed by atoms with Crippen molar-refractivity contribution in [3.8, 4) is 0 Å². The normalized spacial score (nSPS) is 19.7. The van der Waals surface area contributed by atoms with Gasteiger partial charge in [-0.2, -0.15) is 0 Å². The average molecular weight is 345 g/mol. The number of hydrogen-bond donors (Lipinski definition) is 0. The molecule has 0 saturated heterocycles. The van der Waals surface area contributed by atoms with Crippen LogP contribution >= 0.6 is 0 Å². The van der Waals surface area contributed by atoms with Crippen molar-refractivity contribution < 1.29 is 9.15 Å². The molecule has 2 atom stereocenters. The van der Waals surface area contributed by atoms with Gasteiger partial charge in [-0.15, -0.1) is 0 Å². The predicted octanol–water partition coefficient (Wildman–Crippen LogP) is 5.89. The van der Waals surface area contributed by atoms with Gasteiger partial charge in [0.2, 0.25) is 0 Å². The zero-order chi connectivity index (χ0) is 17.9. The average Bonchev–Trinajstić information content (AvgIpc) is 3.30. The molecule has 0 spiro atoms. The van der Waals surface area contributed by atoms with Gasteiger partial charge in [0.25, 0.3) is 0 Å². The third-order valence-electron chi connectivity index (χ3n) is 4.55. The number of hydrogen-bond acceptors (Lipinski definition) is 3. The van der Waals surface area contributed by atoms with E-state index >= 15 is 0 Å². The van der Waals surface area contributed by atoms with Crippen molar-refractivity contribution in [3.63, 3.8) is 0 Å². The molecule has 0 bridgehead atoms. The van der Waals surface area contributed by atoms with Gasteiger partial charge in [0, 0.05) is 5.69 Å². The zero-order valence-corrected chi connectivity index (χ0v) is 15.1. The van der Waals surface area contributed by atoms with E-state index in [-0.39, 0.29) is 18.2 Å². The Kier molecular flexibility index (Phi) is 4.53. The molecule has 3 nitrogen and oxygen atoms in total. The van der Waals surface area contributed by atoms with Gasteiger partial charge in [0.05, 0.1) is 12.4 Å². The largest absolute Gasteiger partial charge is 0.493 e. The summed E-state index contributed by atoms with van der Waals surface area (Å²) in [6, 6.07) is 24.9. The predicted molar refractivity (Wildman–Crippen MR) is 104 cm³/mol. The van der Waals surface area contributed by atoms with E-state index in [0.29, 0.717) is 0 Å². The summed E-state index contributed by atoms with van der Waals surface area (Å²) in [6.07, 6.45) is 4.02. The van der Waals surface area contributed by atoms with Gasteiger partial charge in [-0.3, -0.25) is 0 Å². The van der Waals surface area contributed by atoms with Crippen molar-refractivity contribution in [2.45, 2.75) is 32.0 Å². The Hall–Kier alpha value is -2.94. The molecule has 3 heteroatoms. The van der Waals surface area contributed by atoms with Crippen LogP contribution in [0.15, 0.2) is 95.3 Å². The molecule has 0 aliphatic carbocycles. The van der Waals surface area contributed by atoms with Crippen molar-refractivity contribution in [1.82, 2.24) is 0 Å². The minimum atomic E-state index is -0.00800. The molecule has 1 aliphatic rings. The van der Waals surface area contributed by atoms with Gasteiger partial charge in [-0.05, 0) is 49.8 Å². The van der Waals surface area contributed by atoms with Gasteiger partial charge in [0.15, 0.2) is 0 Å². The fourth-order valence-corrected chi connectivity index (χ4v) is 3.55. The molecule has 2 aromatic carbocycles. The molecule has 0 radical (unpaired) electrons. The minimum absolute atomic E-state index is 0.00800. The van der Waals surface area contributed by atoms with E-state index in [1.54, 1.807) is 6.26 Å². The van der Waals surface area contributed by atoms with E-state index in [2.05, 4.69) is 73.4 Å². The fourth-order valence-electron chi connectivity index (χ4n) is 3.55. The third kappa shape index (κ3) is 3.13. The minimum Gasteiger partial charge on any atom is -0.493 e. The third-order valence-corrected chi connectivity index (χ3v) is 4.55. The second-order valence-corrected chi connectivity index (χ2v) is 6.75. The number of para-hydroxylation sites is 1. The summed E-state index contributed by atoms with van der Waals surface area (Å²) in [5.41, 5.74) is 2.35. The van der Waals surface area contributed by atoms with E-state index in [1.165, 1.54) is 5.56 Å². The fraction of sp³-hybridized carbons (Fsp3) is 0.217. The lowest BCUT2D eigenvalue weighted by atomic mass is 10.0. The highest BCUT2D eigenvalue weighted by atomic mass is 16.5. The first kappa shape index (κ1) is 16.5. The molecule has 132 valence electrons. The van der Waals surface area contributed by atoms with Crippen LogP contribution in [0.1, 0.15) is 37.3 Å². The maximum absolute atomic E-state index is 6.24. The lowest BCUT2D eigenvalue weighted by Gasteiger charge is -2.33. The lowest BCUT2D eigenvalue weighted by Crippen LogP contribution is -2.28. The van der Waals surface area contributed by atoms with Crippen molar-refractivity contribution in [2.75, 3.05) is 4.90 Å². The van der Waals surface area contributed by atoms with E-state index < -0.39 is 0 Å². The van der Waals surface area contributed by atoms with Gasteiger partial charge in [-0.1, -0.05) is 48.5 Å². The van der Waals surface area contributed by atoms with E-state index in [0.717, 1.165) is 17.2 Å². The van der Waals surface area contributed by atoms with Crippen LogP contribution < -0.4 is 4.90 Å². The highest BCUT2D eigenvalue weighted by Crippen LogP contribution is 2.46. The first-order valence-electron chi connectivity index (χ1n) is 9.04.